The Morgan fingerprint density at radius 3 is 3.00 bits per heavy atom. The highest BCUT2D eigenvalue weighted by Crippen LogP contribution is 2.29. The molecule has 5 heteroatoms. The van der Waals surface area contributed by atoms with Crippen LogP contribution in [0.4, 0.5) is 0 Å². The number of hydrogen-bond acceptors (Lipinski definition) is 4. The highest BCUT2D eigenvalue weighted by atomic mass is 32.2. The van der Waals surface area contributed by atoms with Gasteiger partial charge in [-0.15, -0.1) is 24.4 Å². The Balaban J connectivity index is 3.06. The molecule has 0 aromatic carbocycles. The predicted molar refractivity (Wildman–Crippen MR) is 73.6 cm³/mol. The van der Waals surface area contributed by atoms with Crippen LogP contribution in [0, 0.1) is 6.92 Å². The molecule has 80 valence electrons. The van der Waals surface area contributed by atoms with Crippen molar-refractivity contribution in [2.24, 2.45) is 0 Å². The molecule has 1 N–H and O–H groups in total. The van der Waals surface area contributed by atoms with Gasteiger partial charge in [-0.1, -0.05) is 24.9 Å². The zero-order valence-electron chi connectivity index (χ0n) is 8.23. The molecule has 0 fully saturated rings. The quantitative estimate of drug-likeness (QED) is 0.643. The second-order valence-electron chi connectivity index (χ2n) is 2.88. The number of aromatic nitrogens is 1. The summed E-state index contributed by atoms with van der Waals surface area (Å²) in [6, 6.07) is 0. The SMILES string of the molecule is C=Cc1cnc(C)c(O)c1CSC(=S)S. The van der Waals surface area contributed by atoms with E-state index >= 15 is 0 Å². The number of thiocarbonyl (C=S) groups is 1. The van der Waals surface area contributed by atoms with E-state index in [1.165, 1.54) is 11.8 Å². The summed E-state index contributed by atoms with van der Waals surface area (Å²) in [4.78, 5) is 4.05. The van der Waals surface area contributed by atoms with Gasteiger partial charge in [-0.05, 0) is 12.5 Å². The maximum atomic E-state index is 9.83. The molecule has 0 spiro atoms. The third-order valence-electron chi connectivity index (χ3n) is 1.93. The summed E-state index contributed by atoms with van der Waals surface area (Å²) in [5.41, 5.74) is 2.25. The van der Waals surface area contributed by atoms with Gasteiger partial charge in [-0.25, -0.2) is 0 Å². The Morgan fingerprint density at radius 1 is 1.80 bits per heavy atom. The van der Waals surface area contributed by atoms with E-state index in [-0.39, 0.29) is 5.75 Å². The molecule has 1 aromatic rings. The van der Waals surface area contributed by atoms with Crippen LogP contribution in [0.5, 0.6) is 5.75 Å². The average molecular weight is 257 g/mol. The minimum Gasteiger partial charge on any atom is -0.506 e. The molecule has 0 radical (unpaired) electrons. The van der Waals surface area contributed by atoms with Crippen LogP contribution < -0.4 is 0 Å². The van der Waals surface area contributed by atoms with Crippen LogP contribution in [-0.2, 0) is 5.75 Å². The zero-order chi connectivity index (χ0) is 11.4. The first-order valence-corrected chi connectivity index (χ1v) is 6.06. The molecule has 1 aromatic heterocycles. The molecule has 0 saturated heterocycles. The highest BCUT2D eigenvalue weighted by molar-refractivity contribution is 8.41. The summed E-state index contributed by atoms with van der Waals surface area (Å²) in [6.07, 6.45) is 3.36. The van der Waals surface area contributed by atoms with Gasteiger partial charge in [0.15, 0.2) is 0 Å². The van der Waals surface area contributed by atoms with Crippen molar-refractivity contribution >= 4 is 46.2 Å². The first-order chi connectivity index (χ1) is 7.06. The maximum absolute atomic E-state index is 9.83. The molecule has 0 atom stereocenters. The van der Waals surface area contributed by atoms with Crippen molar-refractivity contribution in [1.29, 1.82) is 0 Å². The van der Waals surface area contributed by atoms with Gasteiger partial charge in [0.25, 0.3) is 0 Å². The number of hydrogen-bond donors (Lipinski definition) is 2. The van der Waals surface area contributed by atoms with E-state index in [9.17, 15) is 5.11 Å². The van der Waals surface area contributed by atoms with Gasteiger partial charge >= 0.3 is 0 Å². The molecule has 0 bridgehead atoms. The van der Waals surface area contributed by atoms with Crippen LogP contribution in [0.1, 0.15) is 16.8 Å². The molecule has 0 saturated carbocycles. The maximum Gasteiger partial charge on any atom is 0.141 e. The summed E-state index contributed by atoms with van der Waals surface area (Å²) in [7, 11) is 0. The van der Waals surface area contributed by atoms with E-state index in [0.29, 0.717) is 15.0 Å². The van der Waals surface area contributed by atoms with Gasteiger partial charge in [-0.2, -0.15) is 0 Å². The minimum absolute atomic E-state index is 0.212. The van der Waals surface area contributed by atoms with Crippen LogP contribution in [0.15, 0.2) is 12.8 Å². The first kappa shape index (κ1) is 12.5. The monoisotopic (exact) mass is 257 g/mol. The number of thiol groups is 1. The lowest BCUT2D eigenvalue weighted by Gasteiger charge is -2.09. The van der Waals surface area contributed by atoms with Crippen molar-refractivity contribution in [2.45, 2.75) is 12.7 Å². The summed E-state index contributed by atoms with van der Waals surface area (Å²) in [6.45, 7) is 5.44. The fourth-order valence-electron chi connectivity index (χ4n) is 1.12. The predicted octanol–water partition coefficient (Wildman–Crippen LogP) is 3.19. The van der Waals surface area contributed by atoms with Gasteiger partial charge in [0.05, 0.1) is 5.69 Å². The second-order valence-corrected chi connectivity index (χ2v) is 5.59. The minimum atomic E-state index is 0.212. The van der Waals surface area contributed by atoms with Crippen LogP contribution in [0.2, 0.25) is 0 Å². The molecule has 0 aliphatic rings. The number of pyridine rings is 1. The summed E-state index contributed by atoms with van der Waals surface area (Å²) >= 11 is 10.3. The topological polar surface area (TPSA) is 33.1 Å². The average Bonchev–Trinajstić information content (AvgIpc) is 2.20. The Kier molecular flexibility index (Phi) is 4.63. The summed E-state index contributed by atoms with van der Waals surface area (Å²) in [5, 5.41) is 9.83. The number of nitrogens with zero attached hydrogens (tertiary/aromatic N) is 1. The number of aryl methyl sites for hydroxylation is 1. The van der Waals surface area contributed by atoms with E-state index in [0.717, 1.165) is 11.1 Å². The van der Waals surface area contributed by atoms with Crippen molar-refractivity contribution in [1.82, 2.24) is 4.98 Å². The molecule has 0 amide bonds. The van der Waals surface area contributed by atoms with Crippen LogP contribution >= 0.6 is 36.6 Å². The van der Waals surface area contributed by atoms with Crippen molar-refractivity contribution < 1.29 is 5.11 Å². The Labute approximate surface area is 104 Å². The van der Waals surface area contributed by atoms with E-state index < -0.39 is 0 Å². The lowest BCUT2D eigenvalue weighted by molar-refractivity contribution is 0.462. The van der Waals surface area contributed by atoms with Gasteiger partial charge in [0.2, 0.25) is 0 Å². The lowest BCUT2D eigenvalue weighted by Crippen LogP contribution is -1.94. The van der Waals surface area contributed by atoms with Crippen molar-refractivity contribution in [3.63, 3.8) is 0 Å². The van der Waals surface area contributed by atoms with Gasteiger partial charge < -0.3 is 5.11 Å². The number of rotatable bonds is 3. The van der Waals surface area contributed by atoms with E-state index in [1.807, 2.05) is 0 Å². The molecule has 15 heavy (non-hydrogen) atoms. The van der Waals surface area contributed by atoms with E-state index in [4.69, 9.17) is 12.2 Å². The van der Waals surface area contributed by atoms with Crippen molar-refractivity contribution in [3.05, 3.63) is 29.6 Å². The molecular formula is C10H11NOS3. The fourth-order valence-corrected chi connectivity index (χ4v) is 2.06. The number of thioether (sulfide) groups is 1. The van der Waals surface area contributed by atoms with Crippen LogP contribution in [0.3, 0.4) is 0 Å². The molecule has 1 rings (SSSR count). The zero-order valence-corrected chi connectivity index (χ0v) is 10.8. The highest BCUT2D eigenvalue weighted by Gasteiger charge is 2.10. The molecule has 0 unspecified atom stereocenters. The Bertz CT molecular complexity index is 404. The van der Waals surface area contributed by atoms with Crippen molar-refractivity contribution in [2.75, 3.05) is 0 Å². The van der Waals surface area contributed by atoms with Crippen LogP contribution in [-0.4, -0.2) is 13.6 Å². The molecule has 2 nitrogen and oxygen atoms in total. The third kappa shape index (κ3) is 3.22. The normalized spacial score (nSPS) is 10.0. The molecule has 0 aliphatic carbocycles. The van der Waals surface area contributed by atoms with E-state index in [1.54, 1.807) is 19.2 Å². The first-order valence-electron chi connectivity index (χ1n) is 4.22. The smallest absolute Gasteiger partial charge is 0.141 e. The molecular weight excluding hydrogens is 246 g/mol. The Morgan fingerprint density at radius 2 is 2.47 bits per heavy atom. The van der Waals surface area contributed by atoms with Gasteiger partial charge in [0.1, 0.15) is 9.28 Å². The standard InChI is InChI=1S/C10H11NOS3/c1-3-7-4-11-6(2)9(12)8(7)5-15-10(13)14/h3-4,12H,1,5H2,2H3,(H,13,14). The van der Waals surface area contributed by atoms with Crippen molar-refractivity contribution in [3.8, 4) is 5.75 Å². The van der Waals surface area contributed by atoms with Gasteiger partial charge in [-0.3, -0.25) is 4.98 Å². The molecule has 0 aliphatic heterocycles. The number of aromatic hydroxyl groups is 1. The summed E-state index contributed by atoms with van der Waals surface area (Å²) in [5.74, 6) is 0.795. The van der Waals surface area contributed by atoms with Crippen LogP contribution in [0.25, 0.3) is 6.08 Å². The summed E-state index contributed by atoms with van der Waals surface area (Å²) < 4.78 is 0.555. The second kappa shape index (κ2) is 5.53. The lowest BCUT2D eigenvalue weighted by atomic mass is 10.1. The largest absolute Gasteiger partial charge is 0.506 e. The third-order valence-corrected chi connectivity index (χ3v) is 3.36. The fraction of sp³-hybridized carbons (Fsp3) is 0.200. The molecule has 1 heterocycles. The Hall–Kier alpha value is -0.520. The van der Waals surface area contributed by atoms with Gasteiger partial charge in [0, 0.05) is 17.5 Å². The van der Waals surface area contributed by atoms with E-state index in [2.05, 4.69) is 24.2 Å².